The van der Waals surface area contributed by atoms with Gasteiger partial charge in [0.25, 0.3) is 0 Å². The number of rotatable bonds is 3. The van der Waals surface area contributed by atoms with Crippen molar-refractivity contribution in [3.63, 3.8) is 0 Å². The van der Waals surface area contributed by atoms with Crippen molar-refractivity contribution in [2.24, 2.45) is 0 Å². The van der Waals surface area contributed by atoms with E-state index in [2.05, 4.69) is 0 Å². The topological polar surface area (TPSA) is 57.6 Å². The number of amides is 2. The fourth-order valence-electron chi connectivity index (χ4n) is 1.78. The van der Waals surface area contributed by atoms with Gasteiger partial charge in [-0.15, -0.1) is 0 Å². The lowest BCUT2D eigenvalue weighted by molar-refractivity contribution is -0.140. The molecule has 1 aromatic carbocycles. The highest BCUT2D eigenvalue weighted by atomic mass is 16.3. The van der Waals surface area contributed by atoms with Crippen molar-refractivity contribution in [3.8, 4) is 0 Å². The molecule has 1 N–H and O–H groups in total. The van der Waals surface area contributed by atoms with Crippen molar-refractivity contribution < 1.29 is 14.7 Å². The van der Waals surface area contributed by atoms with Gasteiger partial charge >= 0.3 is 0 Å². The number of aliphatic hydroxyl groups excluding tert-OH is 1. The molecule has 1 saturated heterocycles. The molecule has 1 heterocycles. The van der Waals surface area contributed by atoms with E-state index in [1.807, 2.05) is 18.2 Å². The Bertz CT molecular complexity index is 386. The lowest BCUT2D eigenvalue weighted by Gasteiger charge is -2.18. The van der Waals surface area contributed by atoms with E-state index in [0.717, 1.165) is 10.5 Å². The number of carbonyl (C=O) groups excluding carboxylic acids is 2. The second kappa shape index (κ2) is 4.45. The Morgan fingerprint density at radius 2 is 1.69 bits per heavy atom. The van der Waals surface area contributed by atoms with Gasteiger partial charge in [0, 0.05) is 12.8 Å². The summed E-state index contributed by atoms with van der Waals surface area (Å²) in [5, 5.41) is 9.87. The Morgan fingerprint density at radius 1 is 1.12 bits per heavy atom. The molecular weight excluding hydrogens is 206 g/mol. The molecule has 1 aliphatic rings. The van der Waals surface area contributed by atoms with Crippen molar-refractivity contribution in [2.75, 3.05) is 6.54 Å². The van der Waals surface area contributed by atoms with Crippen LogP contribution in [0.1, 0.15) is 24.5 Å². The lowest BCUT2D eigenvalue weighted by atomic mass is 10.1. The Balaban J connectivity index is 2.05. The second-order valence-electron chi connectivity index (χ2n) is 3.82. The highest BCUT2D eigenvalue weighted by Crippen LogP contribution is 2.18. The van der Waals surface area contributed by atoms with Gasteiger partial charge in [0.2, 0.25) is 11.8 Å². The van der Waals surface area contributed by atoms with E-state index in [9.17, 15) is 14.7 Å². The van der Waals surface area contributed by atoms with Crippen LogP contribution in [-0.2, 0) is 9.59 Å². The quantitative estimate of drug-likeness (QED) is 0.767. The molecule has 2 rings (SSSR count). The molecule has 84 valence electrons. The van der Waals surface area contributed by atoms with Crippen LogP contribution in [0.5, 0.6) is 0 Å². The number of likely N-dealkylation sites (tertiary alicyclic amines) is 1. The van der Waals surface area contributed by atoms with Crippen LogP contribution in [0.2, 0.25) is 0 Å². The number of β-amino-alcohol motifs (C(OH)–C–C–N with tert-alkyl or cyclic N) is 1. The molecule has 0 spiro atoms. The van der Waals surface area contributed by atoms with Crippen LogP contribution in [0.25, 0.3) is 0 Å². The molecule has 0 radical (unpaired) electrons. The molecule has 4 nitrogen and oxygen atoms in total. The SMILES string of the molecule is O=C1CCC(=O)N1CC(O)c1ccccc1. The van der Waals surface area contributed by atoms with Crippen LogP contribution in [0, 0.1) is 0 Å². The minimum absolute atomic E-state index is 0.0572. The summed E-state index contributed by atoms with van der Waals surface area (Å²) in [5.41, 5.74) is 0.718. The van der Waals surface area contributed by atoms with Gasteiger partial charge in [0.15, 0.2) is 0 Å². The summed E-state index contributed by atoms with van der Waals surface area (Å²) in [6.45, 7) is 0.0572. The zero-order valence-electron chi connectivity index (χ0n) is 8.80. The smallest absolute Gasteiger partial charge is 0.229 e. The van der Waals surface area contributed by atoms with Gasteiger partial charge in [0.05, 0.1) is 12.6 Å². The molecule has 4 heteroatoms. The Hall–Kier alpha value is -1.68. The third-order valence-electron chi connectivity index (χ3n) is 2.69. The summed E-state index contributed by atoms with van der Waals surface area (Å²) in [7, 11) is 0. The molecule has 1 atom stereocenters. The van der Waals surface area contributed by atoms with Gasteiger partial charge in [0.1, 0.15) is 0 Å². The first-order valence-electron chi connectivity index (χ1n) is 5.24. The average Bonchev–Trinajstić information content (AvgIpc) is 2.62. The molecule has 0 aromatic heterocycles. The predicted molar refractivity (Wildman–Crippen MR) is 57.4 cm³/mol. The molecule has 1 aromatic rings. The van der Waals surface area contributed by atoms with E-state index in [-0.39, 0.29) is 31.2 Å². The number of aliphatic hydroxyl groups is 1. The average molecular weight is 219 g/mol. The monoisotopic (exact) mass is 219 g/mol. The van der Waals surface area contributed by atoms with E-state index in [4.69, 9.17) is 0 Å². The van der Waals surface area contributed by atoms with Gasteiger partial charge in [-0.2, -0.15) is 0 Å². The number of hydrogen-bond acceptors (Lipinski definition) is 3. The van der Waals surface area contributed by atoms with E-state index < -0.39 is 6.10 Å². The zero-order chi connectivity index (χ0) is 11.5. The number of imide groups is 1. The fourth-order valence-corrected chi connectivity index (χ4v) is 1.78. The van der Waals surface area contributed by atoms with Crippen molar-refractivity contribution >= 4 is 11.8 Å². The van der Waals surface area contributed by atoms with E-state index >= 15 is 0 Å². The summed E-state index contributed by atoms with van der Waals surface area (Å²) in [6.07, 6.45) is -0.270. The molecular formula is C12H13NO3. The zero-order valence-corrected chi connectivity index (χ0v) is 8.80. The first kappa shape index (κ1) is 10.8. The number of benzene rings is 1. The molecule has 16 heavy (non-hydrogen) atoms. The Labute approximate surface area is 93.5 Å². The van der Waals surface area contributed by atoms with E-state index in [1.165, 1.54) is 0 Å². The Morgan fingerprint density at radius 3 is 2.25 bits per heavy atom. The van der Waals surface area contributed by atoms with Crippen molar-refractivity contribution in [3.05, 3.63) is 35.9 Å². The number of hydrogen-bond donors (Lipinski definition) is 1. The lowest BCUT2D eigenvalue weighted by Crippen LogP contribution is -2.33. The first-order chi connectivity index (χ1) is 7.68. The maximum absolute atomic E-state index is 11.3. The number of nitrogens with zero attached hydrogens (tertiary/aromatic N) is 1. The van der Waals surface area contributed by atoms with Gasteiger partial charge < -0.3 is 5.11 Å². The minimum Gasteiger partial charge on any atom is -0.387 e. The standard InChI is InChI=1S/C12H13NO3/c14-10(9-4-2-1-3-5-9)8-13-11(15)6-7-12(13)16/h1-5,10,14H,6-8H2. The van der Waals surface area contributed by atoms with Gasteiger partial charge in [-0.25, -0.2) is 0 Å². The number of carbonyl (C=O) groups is 2. The maximum Gasteiger partial charge on any atom is 0.229 e. The van der Waals surface area contributed by atoms with Crippen LogP contribution >= 0.6 is 0 Å². The van der Waals surface area contributed by atoms with Crippen LogP contribution in [0.3, 0.4) is 0 Å². The molecule has 0 aliphatic carbocycles. The van der Waals surface area contributed by atoms with E-state index in [1.54, 1.807) is 12.1 Å². The summed E-state index contributed by atoms with van der Waals surface area (Å²) >= 11 is 0. The van der Waals surface area contributed by atoms with Crippen molar-refractivity contribution in [2.45, 2.75) is 18.9 Å². The summed E-state index contributed by atoms with van der Waals surface area (Å²) in [6, 6.07) is 9.02. The van der Waals surface area contributed by atoms with Gasteiger partial charge in [-0.05, 0) is 5.56 Å². The fraction of sp³-hybridized carbons (Fsp3) is 0.333. The van der Waals surface area contributed by atoms with Gasteiger partial charge in [-0.3, -0.25) is 14.5 Å². The largest absolute Gasteiger partial charge is 0.387 e. The highest BCUT2D eigenvalue weighted by Gasteiger charge is 2.30. The van der Waals surface area contributed by atoms with Crippen LogP contribution in [0.4, 0.5) is 0 Å². The summed E-state index contributed by atoms with van der Waals surface area (Å²) in [5.74, 6) is -0.389. The maximum atomic E-state index is 11.3. The molecule has 0 saturated carbocycles. The molecule has 1 unspecified atom stereocenters. The van der Waals surface area contributed by atoms with E-state index in [0.29, 0.717) is 0 Å². The van der Waals surface area contributed by atoms with Crippen LogP contribution in [-0.4, -0.2) is 28.4 Å². The van der Waals surface area contributed by atoms with Crippen molar-refractivity contribution in [1.82, 2.24) is 4.90 Å². The Kier molecular flexibility index (Phi) is 3.01. The van der Waals surface area contributed by atoms with Crippen molar-refractivity contribution in [1.29, 1.82) is 0 Å². The molecule has 1 aliphatic heterocycles. The van der Waals surface area contributed by atoms with Gasteiger partial charge in [-0.1, -0.05) is 30.3 Å². The molecule has 2 amide bonds. The predicted octanol–water partition coefficient (Wildman–Crippen LogP) is 0.869. The second-order valence-corrected chi connectivity index (χ2v) is 3.82. The molecule has 1 fully saturated rings. The van der Waals surface area contributed by atoms with Crippen LogP contribution < -0.4 is 0 Å². The first-order valence-corrected chi connectivity index (χ1v) is 5.24. The third-order valence-corrected chi connectivity index (χ3v) is 2.69. The summed E-state index contributed by atoms with van der Waals surface area (Å²) in [4.78, 5) is 23.8. The minimum atomic E-state index is -0.799. The van der Waals surface area contributed by atoms with Crippen LogP contribution in [0.15, 0.2) is 30.3 Å². The summed E-state index contributed by atoms with van der Waals surface area (Å²) < 4.78 is 0. The third kappa shape index (κ3) is 2.12. The highest BCUT2D eigenvalue weighted by molar-refractivity contribution is 6.01. The molecule has 0 bridgehead atoms. The normalized spacial score (nSPS) is 17.9.